The number of nitrogens with zero attached hydrogens (tertiary/aromatic N) is 1. The minimum Gasteiger partial charge on any atom is -0.337 e. The maximum Gasteiger partial charge on any atom is 0.236 e. The van der Waals surface area contributed by atoms with Crippen LogP contribution < -0.4 is 5.32 Å². The van der Waals surface area contributed by atoms with Gasteiger partial charge in [-0.15, -0.1) is 11.8 Å². The number of fused-ring (bicyclic) bond motifs is 1. The van der Waals surface area contributed by atoms with E-state index < -0.39 is 0 Å². The van der Waals surface area contributed by atoms with E-state index in [9.17, 15) is 9.59 Å². The molecule has 130 valence electrons. The molecule has 2 aromatic carbocycles. The standard InChI is InChI=1S/C20H22N2O2S/c1-14(25-19-9-7-18(8-10-19)21-15(2)23)20(24)22-12-11-16-5-3-4-6-17(16)13-22/h3-10,14H,11-13H2,1-2H3,(H,21,23). The highest BCUT2D eigenvalue weighted by Crippen LogP contribution is 2.27. The van der Waals surface area contributed by atoms with Crippen molar-refractivity contribution < 1.29 is 9.59 Å². The molecule has 0 aliphatic carbocycles. The summed E-state index contributed by atoms with van der Waals surface area (Å²) in [7, 11) is 0. The fourth-order valence-electron chi connectivity index (χ4n) is 3.02. The van der Waals surface area contributed by atoms with Gasteiger partial charge in [-0.2, -0.15) is 0 Å². The van der Waals surface area contributed by atoms with Crippen LogP contribution >= 0.6 is 11.8 Å². The second-order valence-electron chi connectivity index (χ2n) is 6.24. The molecular formula is C20H22N2O2S. The molecule has 1 heterocycles. The maximum absolute atomic E-state index is 12.8. The van der Waals surface area contributed by atoms with Crippen LogP contribution in [0.25, 0.3) is 0 Å². The van der Waals surface area contributed by atoms with Gasteiger partial charge in [0.25, 0.3) is 0 Å². The number of thioether (sulfide) groups is 1. The van der Waals surface area contributed by atoms with E-state index in [1.54, 1.807) is 11.8 Å². The Hall–Kier alpha value is -2.27. The van der Waals surface area contributed by atoms with E-state index >= 15 is 0 Å². The number of carbonyl (C=O) groups is 2. The first-order valence-corrected chi connectivity index (χ1v) is 9.31. The summed E-state index contributed by atoms with van der Waals surface area (Å²) in [6.07, 6.45) is 0.921. The monoisotopic (exact) mass is 354 g/mol. The number of benzene rings is 2. The van der Waals surface area contributed by atoms with Gasteiger partial charge in [-0.05, 0) is 48.7 Å². The van der Waals surface area contributed by atoms with Gasteiger partial charge in [0.15, 0.2) is 0 Å². The van der Waals surface area contributed by atoms with Crippen molar-refractivity contribution in [3.63, 3.8) is 0 Å². The minimum absolute atomic E-state index is 0.0886. The number of anilines is 1. The molecule has 0 spiro atoms. The Labute approximate surface area is 152 Å². The van der Waals surface area contributed by atoms with Gasteiger partial charge in [0.1, 0.15) is 0 Å². The van der Waals surface area contributed by atoms with E-state index in [-0.39, 0.29) is 17.1 Å². The molecule has 1 atom stereocenters. The van der Waals surface area contributed by atoms with Crippen molar-refractivity contribution in [2.24, 2.45) is 0 Å². The summed E-state index contributed by atoms with van der Waals surface area (Å²) < 4.78 is 0. The summed E-state index contributed by atoms with van der Waals surface area (Å²) in [6.45, 7) is 4.92. The van der Waals surface area contributed by atoms with Crippen molar-refractivity contribution in [3.05, 3.63) is 59.7 Å². The Morgan fingerprint density at radius 1 is 1.08 bits per heavy atom. The number of rotatable bonds is 4. The molecule has 2 aromatic rings. The number of hydrogen-bond acceptors (Lipinski definition) is 3. The van der Waals surface area contributed by atoms with Gasteiger partial charge in [0, 0.05) is 30.6 Å². The summed E-state index contributed by atoms with van der Waals surface area (Å²) in [5.41, 5.74) is 3.36. The smallest absolute Gasteiger partial charge is 0.236 e. The van der Waals surface area contributed by atoms with Crippen molar-refractivity contribution >= 4 is 29.3 Å². The van der Waals surface area contributed by atoms with Crippen LogP contribution in [0.2, 0.25) is 0 Å². The molecule has 0 saturated heterocycles. The highest BCUT2D eigenvalue weighted by molar-refractivity contribution is 8.00. The van der Waals surface area contributed by atoms with Crippen molar-refractivity contribution in [1.82, 2.24) is 4.90 Å². The molecule has 0 aromatic heterocycles. The fraction of sp³-hybridized carbons (Fsp3) is 0.300. The van der Waals surface area contributed by atoms with Crippen LogP contribution in [0.4, 0.5) is 5.69 Å². The van der Waals surface area contributed by atoms with Gasteiger partial charge >= 0.3 is 0 Å². The first-order valence-electron chi connectivity index (χ1n) is 8.43. The molecule has 1 aliphatic rings. The third-order valence-electron chi connectivity index (χ3n) is 4.28. The van der Waals surface area contributed by atoms with E-state index in [1.807, 2.05) is 42.2 Å². The van der Waals surface area contributed by atoms with E-state index in [4.69, 9.17) is 0 Å². The first kappa shape index (κ1) is 17.5. The highest BCUT2D eigenvalue weighted by Gasteiger charge is 2.25. The molecule has 0 radical (unpaired) electrons. The van der Waals surface area contributed by atoms with Gasteiger partial charge in [-0.1, -0.05) is 24.3 Å². The van der Waals surface area contributed by atoms with Gasteiger partial charge < -0.3 is 10.2 Å². The summed E-state index contributed by atoms with van der Waals surface area (Å²) >= 11 is 1.55. The Balaban J connectivity index is 1.60. The molecule has 2 amide bonds. The van der Waals surface area contributed by atoms with Crippen LogP contribution in [0.15, 0.2) is 53.4 Å². The Bertz CT molecular complexity index is 774. The first-order chi connectivity index (χ1) is 12.0. The summed E-state index contributed by atoms with van der Waals surface area (Å²) in [6, 6.07) is 15.9. The topological polar surface area (TPSA) is 49.4 Å². The summed E-state index contributed by atoms with van der Waals surface area (Å²) in [5.74, 6) is 0.0831. The Morgan fingerprint density at radius 2 is 1.76 bits per heavy atom. The predicted octanol–water partition coefficient (Wildman–Crippen LogP) is 3.71. The van der Waals surface area contributed by atoms with E-state index in [1.165, 1.54) is 18.1 Å². The third-order valence-corrected chi connectivity index (χ3v) is 5.38. The number of carbonyl (C=O) groups excluding carboxylic acids is 2. The zero-order valence-electron chi connectivity index (χ0n) is 14.5. The van der Waals surface area contributed by atoms with Gasteiger partial charge in [-0.3, -0.25) is 9.59 Å². The normalized spacial score (nSPS) is 14.6. The summed E-state index contributed by atoms with van der Waals surface area (Å²) in [4.78, 5) is 26.8. The van der Waals surface area contributed by atoms with Gasteiger partial charge in [0.2, 0.25) is 11.8 Å². The number of hydrogen-bond donors (Lipinski definition) is 1. The van der Waals surface area contributed by atoms with Crippen LogP contribution in [0.1, 0.15) is 25.0 Å². The molecule has 0 bridgehead atoms. The average Bonchev–Trinajstić information content (AvgIpc) is 2.62. The Kier molecular flexibility index (Phi) is 5.43. The lowest BCUT2D eigenvalue weighted by atomic mass is 10.00. The molecule has 0 fully saturated rings. The molecule has 1 aliphatic heterocycles. The van der Waals surface area contributed by atoms with Crippen LogP contribution in [0.3, 0.4) is 0 Å². The van der Waals surface area contributed by atoms with Crippen LogP contribution in [0, 0.1) is 0 Å². The van der Waals surface area contributed by atoms with E-state index in [2.05, 4.69) is 23.5 Å². The Morgan fingerprint density at radius 3 is 2.44 bits per heavy atom. The van der Waals surface area contributed by atoms with Crippen LogP contribution in [0.5, 0.6) is 0 Å². The molecule has 5 heteroatoms. The minimum atomic E-state index is -0.142. The van der Waals surface area contributed by atoms with Crippen molar-refractivity contribution in [2.75, 3.05) is 11.9 Å². The zero-order valence-corrected chi connectivity index (χ0v) is 15.3. The molecule has 4 nitrogen and oxygen atoms in total. The highest BCUT2D eigenvalue weighted by atomic mass is 32.2. The SMILES string of the molecule is CC(=O)Nc1ccc(SC(C)C(=O)N2CCc3ccccc3C2)cc1. The second kappa shape index (κ2) is 7.74. The van der Waals surface area contributed by atoms with E-state index in [0.717, 1.165) is 23.5 Å². The number of nitrogens with one attached hydrogen (secondary N) is 1. The summed E-state index contributed by atoms with van der Waals surface area (Å²) in [5, 5.41) is 2.60. The van der Waals surface area contributed by atoms with Crippen molar-refractivity contribution in [3.8, 4) is 0 Å². The second-order valence-corrected chi connectivity index (χ2v) is 7.66. The maximum atomic E-state index is 12.8. The van der Waals surface area contributed by atoms with Crippen molar-refractivity contribution in [1.29, 1.82) is 0 Å². The zero-order chi connectivity index (χ0) is 17.8. The lowest BCUT2D eigenvalue weighted by Crippen LogP contribution is -2.40. The lowest BCUT2D eigenvalue weighted by molar-refractivity contribution is -0.131. The molecule has 1 N–H and O–H groups in total. The quantitative estimate of drug-likeness (QED) is 0.852. The van der Waals surface area contributed by atoms with Crippen LogP contribution in [-0.2, 0) is 22.6 Å². The molecular weight excluding hydrogens is 332 g/mol. The largest absolute Gasteiger partial charge is 0.337 e. The van der Waals surface area contributed by atoms with Gasteiger partial charge in [0.05, 0.1) is 5.25 Å². The van der Waals surface area contributed by atoms with Crippen molar-refractivity contribution in [2.45, 2.75) is 37.0 Å². The predicted molar refractivity (Wildman–Crippen MR) is 102 cm³/mol. The fourth-order valence-corrected chi connectivity index (χ4v) is 3.97. The van der Waals surface area contributed by atoms with E-state index in [0.29, 0.717) is 6.54 Å². The molecule has 1 unspecified atom stereocenters. The third kappa shape index (κ3) is 4.42. The average molecular weight is 354 g/mol. The lowest BCUT2D eigenvalue weighted by Gasteiger charge is -2.30. The molecule has 3 rings (SSSR count). The van der Waals surface area contributed by atoms with Gasteiger partial charge in [-0.25, -0.2) is 0 Å². The molecule has 25 heavy (non-hydrogen) atoms. The van der Waals surface area contributed by atoms with Crippen LogP contribution in [-0.4, -0.2) is 28.5 Å². The molecule has 0 saturated carbocycles. The number of amides is 2.